The second-order valence-corrected chi connectivity index (χ2v) is 9.62. The molecule has 0 atom stereocenters. The zero-order valence-corrected chi connectivity index (χ0v) is 19.5. The van der Waals surface area contributed by atoms with Gasteiger partial charge in [-0.25, -0.2) is 0 Å². The van der Waals surface area contributed by atoms with Gasteiger partial charge in [0.15, 0.2) is 0 Å². The number of hydrogen-bond acceptors (Lipinski definition) is 6. The molecule has 0 saturated heterocycles. The standard InChI is InChI=1S/2C10H9NO.C3H6O2.Ga/c2*1-7-5-6-8-3-2-4-9(12)10(8)11-7;1-2-3(4)5;/h2*2-6,12H,1H3;2H2,1H3,(H,4,5);/q;;;+3/p-3. The fraction of sp³-hybridized carbons (Fsp3) is 0.174. The van der Waals surface area contributed by atoms with E-state index in [-0.39, 0.29) is 12.4 Å². The van der Waals surface area contributed by atoms with Gasteiger partial charge in [-0.1, -0.05) is 0 Å². The van der Waals surface area contributed by atoms with Crippen LogP contribution in [0.1, 0.15) is 24.7 Å². The van der Waals surface area contributed by atoms with Gasteiger partial charge < -0.3 is 0 Å². The van der Waals surface area contributed by atoms with Crippen LogP contribution in [-0.2, 0) is 8.32 Å². The predicted molar refractivity (Wildman–Crippen MR) is 116 cm³/mol. The number of para-hydroxylation sites is 2. The molecule has 0 radical (unpaired) electrons. The van der Waals surface area contributed by atoms with Crippen LogP contribution in [-0.4, -0.2) is 33.2 Å². The summed E-state index contributed by atoms with van der Waals surface area (Å²) in [5, 5.41) is 1.90. The Balaban J connectivity index is 1.71. The van der Waals surface area contributed by atoms with E-state index in [1.165, 1.54) is 0 Å². The van der Waals surface area contributed by atoms with Gasteiger partial charge in [-0.3, -0.25) is 0 Å². The third-order valence-electron chi connectivity index (χ3n) is 4.61. The van der Waals surface area contributed by atoms with Gasteiger partial charge in [0.25, 0.3) is 0 Å². The van der Waals surface area contributed by atoms with E-state index in [1.54, 1.807) is 6.92 Å². The van der Waals surface area contributed by atoms with Crippen LogP contribution in [0, 0.1) is 13.8 Å². The molecule has 0 aliphatic heterocycles. The van der Waals surface area contributed by atoms with Crippen molar-refractivity contribution in [1.29, 1.82) is 0 Å². The van der Waals surface area contributed by atoms with Crippen molar-refractivity contribution in [2.75, 3.05) is 0 Å². The molecule has 0 bridgehead atoms. The number of aromatic nitrogens is 2. The first-order chi connectivity index (χ1) is 14.5. The molecule has 0 saturated carbocycles. The Morgan fingerprint density at radius 3 is 1.77 bits per heavy atom. The van der Waals surface area contributed by atoms with Crippen LogP contribution in [0.5, 0.6) is 11.5 Å². The maximum absolute atomic E-state index is 12.1. The maximum atomic E-state index is 12.1. The number of hydrogen-bond donors (Lipinski definition) is 0. The number of carbonyl (C=O) groups excluding carboxylic acids is 1. The van der Waals surface area contributed by atoms with Gasteiger partial charge in [0.2, 0.25) is 0 Å². The number of pyridine rings is 2. The van der Waals surface area contributed by atoms with Crippen LogP contribution in [0.3, 0.4) is 0 Å². The van der Waals surface area contributed by atoms with Crippen molar-refractivity contribution >= 4 is 45.1 Å². The molecule has 6 nitrogen and oxygen atoms in total. The van der Waals surface area contributed by atoms with Crippen molar-refractivity contribution in [1.82, 2.24) is 9.97 Å². The molecule has 0 aliphatic carbocycles. The van der Waals surface area contributed by atoms with Gasteiger partial charge in [0.05, 0.1) is 0 Å². The summed E-state index contributed by atoms with van der Waals surface area (Å²) < 4.78 is 18.0. The van der Waals surface area contributed by atoms with Gasteiger partial charge in [-0.05, 0) is 0 Å². The Morgan fingerprint density at radius 2 is 1.30 bits per heavy atom. The van der Waals surface area contributed by atoms with E-state index in [2.05, 4.69) is 9.97 Å². The molecule has 0 unspecified atom stereocenters. The van der Waals surface area contributed by atoms with Crippen molar-refractivity contribution in [3.8, 4) is 11.5 Å². The van der Waals surface area contributed by atoms with Gasteiger partial charge in [0, 0.05) is 0 Å². The molecule has 0 spiro atoms. The van der Waals surface area contributed by atoms with Crippen LogP contribution in [0.25, 0.3) is 21.8 Å². The summed E-state index contributed by atoms with van der Waals surface area (Å²) in [6.07, 6.45) is 0.244. The summed E-state index contributed by atoms with van der Waals surface area (Å²) in [7, 11) is 0. The quantitative estimate of drug-likeness (QED) is 0.386. The van der Waals surface area contributed by atoms with E-state index in [4.69, 9.17) is 10.6 Å². The second-order valence-electron chi connectivity index (χ2n) is 6.93. The molecule has 0 N–H and O–H groups in total. The summed E-state index contributed by atoms with van der Waals surface area (Å²) in [4.78, 5) is 21.3. The number of nitrogens with zero attached hydrogens (tertiary/aromatic N) is 2. The molecule has 4 rings (SSSR count). The summed E-state index contributed by atoms with van der Waals surface area (Å²) in [6, 6.07) is 19.2. The topological polar surface area (TPSA) is 70.5 Å². The van der Waals surface area contributed by atoms with Crippen molar-refractivity contribution < 1.29 is 15.4 Å². The Bertz CT molecular complexity index is 1140. The number of fused-ring (bicyclic) bond motifs is 2. The second kappa shape index (κ2) is 8.77. The number of rotatable bonds is 6. The van der Waals surface area contributed by atoms with Gasteiger partial charge >= 0.3 is 181 Å². The van der Waals surface area contributed by atoms with Crippen molar-refractivity contribution in [2.24, 2.45) is 0 Å². The van der Waals surface area contributed by atoms with Gasteiger partial charge in [-0.15, -0.1) is 0 Å². The first kappa shape index (κ1) is 20.2. The first-order valence-corrected chi connectivity index (χ1v) is 12.8. The Kier molecular flexibility index (Phi) is 5.92. The van der Waals surface area contributed by atoms with E-state index < -0.39 is 17.3 Å². The van der Waals surface area contributed by atoms with Crippen LogP contribution in [0.15, 0.2) is 60.7 Å². The summed E-state index contributed by atoms with van der Waals surface area (Å²) in [6.45, 7) is 5.59. The molecule has 0 aliphatic rings. The van der Waals surface area contributed by atoms with E-state index in [1.807, 2.05) is 74.5 Å². The molecule has 30 heavy (non-hydrogen) atoms. The molecule has 150 valence electrons. The first-order valence-electron chi connectivity index (χ1n) is 9.79. The minimum absolute atomic E-state index is 0.244. The molecular formula is C23H21GaN2O4. The summed E-state index contributed by atoms with van der Waals surface area (Å²) >= 11 is -3.52. The van der Waals surface area contributed by atoms with Crippen LogP contribution in [0.2, 0.25) is 0 Å². The predicted octanol–water partition coefficient (Wildman–Crippen LogP) is 4.80. The molecule has 0 amide bonds. The number of benzene rings is 2. The SMILES string of the molecule is CCC(=O)[O][Ga]([O]c1cccc2ccc(C)nc12)[O]c1cccc2ccc(C)nc12. The van der Waals surface area contributed by atoms with E-state index in [9.17, 15) is 4.79 Å². The molecule has 2 aromatic heterocycles. The average Bonchev–Trinajstić information content (AvgIpc) is 2.74. The molecule has 7 heteroatoms. The average molecular weight is 459 g/mol. The molecule has 2 heterocycles. The van der Waals surface area contributed by atoms with Crippen LogP contribution < -0.4 is 7.06 Å². The Morgan fingerprint density at radius 1 is 0.800 bits per heavy atom. The van der Waals surface area contributed by atoms with Gasteiger partial charge in [-0.2, -0.15) is 0 Å². The van der Waals surface area contributed by atoms with Crippen molar-refractivity contribution in [2.45, 2.75) is 27.2 Å². The van der Waals surface area contributed by atoms with E-state index in [0.717, 1.165) is 33.2 Å². The fourth-order valence-electron chi connectivity index (χ4n) is 3.10. The molecule has 2 aromatic carbocycles. The van der Waals surface area contributed by atoms with Crippen LogP contribution in [0.4, 0.5) is 0 Å². The zero-order valence-electron chi connectivity index (χ0n) is 17.1. The van der Waals surface area contributed by atoms with E-state index >= 15 is 0 Å². The van der Waals surface area contributed by atoms with E-state index in [0.29, 0.717) is 11.5 Å². The van der Waals surface area contributed by atoms with Crippen molar-refractivity contribution in [3.05, 3.63) is 72.1 Å². The normalized spacial score (nSPS) is 10.8. The minimum atomic E-state index is -3.52. The summed E-state index contributed by atoms with van der Waals surface area (Å²) in [5.74, 6) is 0.748. The Hall–Kier alpha value is -3.03. The third kappa shape index (κ3) is 4.42. The molecular weight excluding hydrogens is 438 g/mol. The molecule has 4 aromatic rings. The van der Waals surface area contributed by atoms with Crippen LogP contribution >= 0.6 is 0 Å². The van der Waals surface area contributed by atoms with Gasteiger partial charge in [0.1, 0.15) is 0 Å². The fourth-order valence-corrected chi connectivity index (χ4v) is 5.87. The Labute approximate surface area is 181 Å². The monoisotopic (exact) mass is 458 g/mol. The van der Waals surface area contributed by atoms with Crippen molar-refractivity contribution in [3.63, 3.8) is 0 Å². The third-order valence-corrected chi connectivity index (χ3v) is 7.44. The number of carbonyl (C=O) groups is 1. The molecule has 0 fully saturated rings. The summed E-state index contributed by atoms with van der Waals surface area (Å²) in [5.41, 5.74) is 3.19. The number of aryl methyl sites for hydroxylation is 2. The zero-order chi connectivity index (χ0) is 21.1.